The lowest BCUT2D eigenvalue weighted by Crippen LogP contribution is -2.45. The fourth-order valence-electron chi connectivity index (χ4n) is 4.24. The van der Waals surface area contributed by atoms with E-state index in [-0.39, 0.29) is 25.4 Å². The van der Waals surface area contributed by atoms with E-state index in [0.717, 1.165) is 22.3 Å². The molecule has 0 saturated heterocycles. The van der Waals surface area contributed by atoms with Crippen LogP contribution in [0, 0.1) is 0 Å². The van der Waals surface area contributed by atoms with Crippen molar-refractivity contribution in [2.45, 2.75) is 37.8 Å². The molecule has 9 heteroatoms. The Balaban J connectivity index is 1.28. The van der Waals surface area contributed by atoms with E-state index in [4.69, 9.17) is 4.74 Å². The second-order valence-corrected chi connectivity index (χ2v) is 8.31. The number of imidazole rings is 1. The molecule has 3 aromatic rings. The molecule has 0 bridgehead atoms. The van der Waals surface area contributed by atoms with Gasteiger partial charge in [-0.25, -0.2) is 14.6 Å². The van der Waals surface area contributed by atoms with E-state index in [2.05, 4.69) is 32.7 Å². The van der Waals surface area contributed by atoms with Crippen LogP contribution in [0.3, 0.4) is 0 Å². The number of rotatable bonds is 9. The summed E-state index contributed by atoms with van der Waals surface area (Å²) in [6.45, 7) is 1.83. The van der Waals surface area contributed by atoms with Crippen LogP contribution in [0.25, 0.3) is 11.1 Å². The molecule has 0 saturated carbocycles. The number of benzene rings is 2. The Bertz CT molecular complexity index is 1130. The topological polar surface area (TPSA) is 133 Å². The number of aromatic amines is 1. The van der Waals surface area contributed by atoms with Gasteiger partial charge in [-0.1, -0.05) is 48.5 Å². The molecule has 0 unspecified atom stereocenters. The number of carboxylic acids is 1. The van der Waals surface area contributed by atoms with Gasteiger partial charge in [0.05, 0.1) is 6.33 Å². The molecule has 0 aliphatic heterocycles. The first kappa shape index (κ1) is 23.0. The van der Waals surface area contributed by atoms with Gasteiger partial charge in [-0.15, -0.1) is 0 Å². The van der Waals surface area contributed by atoms with Gasteiger partial charge in [-0.3, -0.25) is 4.79 Å². The lowest BCUT2D eigenvalue weighted by molar-refractivity contribution is -0.141. The number of H-pyrrole nitrogens is 1. The van der Waals surface area contributed by atoms with Crippen molar-refractivity contribution >= 4 is 18.0 Å². The van der Waals surface area contributed by atoms with Crippen molar-refractivity contribution in [3.8, 4) is 11.1 Å². The number of carboxylic acid groups (broad SMARTS) is 1. The fourth-order valence-corrected chi connectivity index (χ4v) is 4.24. The summed E-state index contributed by atoms with van der Waals surface area (Å²) in [5.41, 5.74) is 5.10. The number of hydrogen-bond acceptors (Lipinski definition) is 5. The van der Waals surface area contributed by atoms with Crippen LogP contribution in [0.5, 0.6) is 0 Å². The van der Waals surface area contributed by atoms with Crippen molar-refractivity contribution in [1.29, 1.82) is 0 Å². The Morgan fingerprint density at radius 1 is 1.06 bits per heavy atom. The van der Waals surface area contributed by atoms with Crippen LogP contribution in [-0.4, -0.2) is 51.7 Å². The van der Waals surface area contributed by atoms with Gasteiger partial charge in [0.2, 0.25) is 5.91 Å². The van der Waals surface area contributed by atoms with E-state index in [9.17, 15) is 19.5 Å². The van der Waals surface area contributed by atoms with Gasteiger partial charge in [0.1, 0.15) is 12.6 Å². The number of aromatic nitrogens is 2. The zero-order valence-electron chi connectivity index (χ0n) is 18.7. The third-order valence-electron chi connectivity index (χ3n) is 5.81. The van der Waals surface area contributed by atoms with Crippen LogP contribution < -0.4 is 10.6 Å². The van der Waals surface area contributed by atoms with Crippen LogP contribution in [0.4, 0.5) is 4.79 Å². The SMILES string of the molecule is C[C@H](CC(=O)N[C@@H](Cc1cnc[nH]1)C(=O)O)NC(=O)OCC1c2ccccc2-c2ccccc21. The minimum Gasteiger partial charge on any atom is -0.480 e. The molecule has 1 aliphatic rings. The molecule has 2 atom stereocenters. The number of hydrogen-bond donors (Lipinski definition) is 4. The maximum atomic E-state index is 12.4. The molecular formula is C25H26N4O5. The van der Waals surface area contributed by atoms with E-state index >= 15 is 0 Å². The van der Waals surface area contributed by atoms with Crippen molar-refractivity contribution in [1.82, 2.24) is 20.6 Å². The van der Waals surface area contributed by atoms with Crippen LogP contribution in [0.15, 0.2) is 61.1 Å². The van der Waals surface area contributed by atoms with Crippen molar-refractivity contribution in [2.75, 3.05) is 6.61 Å². The van der Waals surface area contributed by atoms with Crippen LogP contribution >= 0.6 is 0 Å². The standard InChI is InChI=1S/C25H26N4O5/c1-15(10-23(30)29-22(24(31)32)11-16-12-26-14-27-16)28-25(33)34-13-21-19-8-4-2-6-17(19)18-7-3-5-9-20(18)21/h2-9,12,14-15,21-22H,10-11,13H2,1H3,(H,26,27)(H,28,33)(H,29,30)(H,31,32)/t15-,22+/m1/s1. The molecule has 4 N–H and O–H groups in total. The van der Waals surface area contributed by atoms with E-state index in [0.29, 0.717) is 5.69 Å². The summed E-state index contributed by atoms with van der Waals surface area (Å²) in [6.07, 6.45) is 2.31. The lowest BCUT2D eigenvalue weighted by Gasteiger charge is -2.18. The highest BCUT2D eigenvalue weighted by molar-refractivity contribution is 5.84. The van der Waals surface area contributed by atoms with Crippen molar-refractivity contribution in [2.24, 2.45) is 0 Å². The van der Waals surface area contributed by atoms with Gasteiger partial charge >= 0.3 is 12.1 Å². The van der Waals surface area contributed by atoms with E-state index < -0.39 is 30.1 Å². The third kappa shape index (κ3) is 5.25. The summed E-state index contributed by atoms with van der Waals surface area (Å²) in [7, 11) is 0. The first-order valence-corrected chi connectivity index (χ1v) is 11.0. The summed E-state index contributed by atoms with van der Waals surface area (Å²) in [6, 6.07) is 14.5. The highest BCUT2D eigenvalue weighted by Crippen LogP contribution is 2.44. The summed E-state index contributed by atoms with van der Waals surface area (Å²) in [4.78, 5) is 42.8. The zero-order chi connectivity index (χ0) is 24.1. The summed E-state index contributed by atoms with van der Waals surface area (Å²) in [5.74, 6) is -1.70. The Kier molecular flexibility index (Phi) is 6.91. The van der Waals surface area contributed by atoms with E-state index in [1.54, 1.807) is 6.92 Å². The Hall–Kier alpha value is -4.14. The molecule has 2 amide bonds. The van der Waals surface area contributed by atoms with Crippen molar-refractivity contribution in [3.05, 3.63) is 77.9 Å². The van der Waals surface area contributed by atoms with Gasteiger partial charge in [0.25, 0.3) is 0 Å². The first-order valence-electron chi connectivity index (χ1n) is 11.0. The third-order valence-corrected chi connectivity index (χ3v) is 5.81. The molecule has 1 aliphatic carbocycles. The number of nitrogens with one attached hydrogen (secondary N) is 3. The highest BCUT2D eigenvalue weighted by atomic mass is 16.5. The summed E-state index contributed by atoms with van der Waals surface area (Å²) in [5, 5.41) is 14.5. The zero-order valence-corrected chi connectivity index (χ0v) is 18.7. The van der Waals surface area contributed by atoms with Crippen LogP contribution in [-0.2, 0) is 20.7 Å². The monoisotopic (exact) mass is 462 g/mol. The number of amides is 2. The Morgan fingerprint density at radius 2 is 1.71 bits per heavy atom. The summed E-state index contributed by atoms with van der Waals surface area (Å²) >= 11 is 0. The highest BCUT2D eigenvalue weighted by Gasteiger charge is 2.29. The van der Waals surface area contributed by atoms with Crippen LogP contribution in [0.1, 0.15) is 36.1 Å². The molecule has 2 aromatic carbocycles. The number of carbonyl (C=O) groups excluding carboxylic acids is 2. The predicted octanol–water partition coefficient (Wildman–Crippen LogP) is 2.84. The van der Waals surface area contributed by atoms with E-state index in [1.807, 2.05) is 36.4 Å². The number of fused-ring (bicyclic) bond motifs is 3. The van der Waals surface area contributed by atoms with Gasteiger partial charge in [-0.05, 0) is 29.2 Å². The Labute approximate surface area is 196 Å². The quantitative estimate of drug-likeness (QED) is 0.386. The molecule has 1 aromatic heterocycles. The molecule has 1 heterocycles. The average molecular weight is 463 g/mol. The van der Waals surface area contributed by atoms with Gasteiger partial charge < -0.3 is 25.5 Å². The number of carbonyl (C=O) groups is 3. The lowest BCUT2D eigenvalue weighted by atomic mass is 9.98. The second-order valence-electron chi connectivity index (χ2n) is 8.31. The maximum absolute atomic E-state index is 12.4. The smallest absolute Gasteiger partial charge is 0.407 e. The van der Waals surface area contributed by atoms with E-state index in [1.165, 1.54) is 12.5 Å². The minimum absolute atomic E-state index is 0.0597. The normalized spacial score (nSPS) is 13.9. The van der Waals surface area contributed by atoms with Gasteiger partial charge in [-0.2, -0.15) is 0 Å². The minimum atomic E-state index is -1.15. The predicted molar refractivity (Wildman–Crippen MR) is 124 cm³/mol. The van der Waals surface area contributed by atoms with Crippen molar-refractivity contribution in [3.63, 3.8) is 0 Å². The maximum Gasteiger partial charge on any atom is 0.407 e. The molecular weight excluding hydrogens is 436 g/mol. The first-order chi connectivity index (χ1) is 16.4. The number of aliphatic carboxylic acids is 1. The largest absolute Gasteiger partial charge is 0.480 e. The number of nitrogens with zero attached hydrogens (tertiary/aromatic N) is 1. The molecule has 0 fully saturated rings. The van der Waals surface area contributed by atoms with Crippen molar-refractivity contribution < 1.29 is 24.2 Å². The molecule has 34 heavy (non-hydrogen) atoms. The number of ether oxygens (including phenoxy) is 1. The van der Waals surface area contributed by atoms with Gasteiger partial charge in [0.15, 0.2) is 0 Å². The molecule has 9 nitrogen and oxygen atoms in total. The second kappa shape index (κ2) is 10.2. The fraction of sp³-hybridized carbons (Fsp3) is 0.280. The van der Waals surface area contributed by atoms with Crippen LogP contribution in [0.2, 0.25) is 0 Å². The van der Waals surface area contributed by atoms with Gasteiger partial charge in [0, 0.05) is 36.7 Å². The summed E-state index contributed by atoms with van der Waals surface area (Å²) < 4.78 is 5.49. The number of alkyl carbamates (subject to hydrolysis) is 1. The molecule has 176 valence electrons. The molecule has 0 radical (unpaired) electrons. The Morgan fingerprint density at radius 3 is 2.29 bits per heavy atom. The average Bonchev–Trinajstić information content (AvgIpc) is 3.43. The molecule has 4 rings (SSSR count). The molecule has 0 spiro atoms.